The van der Waals surface area contributed by atoms with Crippen LogP contribution in [0.2, 0.25) is 0 Å². The van der Waals surface area contributed by atoms with Gasteiger partial charge in [-0.2, -0.15) is 0 Å². The molecule has 3 aromatic carbocycles. The number of amidine groups is 1. The molecular formula is C22H14BrN3O4S. The number of halogens is 1. The van der Waals surface area contributed by atoms with E-state index in [1.165, 1.54) is 23.1 Å². The molecule has 0 radical (unpaired) electrons. The van der Waals surface area contributed by atoms with Gasteiger partial charge in [0.1, 0.15) is 5.75 Å². The van der Waals surface area contributed by atoms with Crippen LogP contribution < -0.4 is 4.90 Å². The number of rotatable bonds is 4. The lowest BCUT2D eigenvalue weighted by molar-refractivity contribution is -0.385. The van der Waals surface area contributed by atoms with Crippen LogP contribution in [0.1, 0.15) is 5.56 Å². The SMILES string of the molecule is O=C1/C(=C/c2cc([N+](=O)[O-])cc(Br)c2O)SC(=Nc2ccccc2)N1c1ccccc1. The molecule has 4 rings (SSSR count). The standard InChI is InChI=1S/C22H14BrN3O4S/c23-18-13-17(26(29)30)11-14(20(18)27)12-19-21(28)25(16-9-5-2-6-10-16)22(31-19)24-15-7-3-1-4-8-15/h1-13,27H/b19-12-,24-22?. The van der Waals surface area contributed by atoms with Crippen LogP contribution in [0, 0.1) is 10.1 Å². The minimum atomic E-state index is -0.561. The number of anilines is 1. The molecule has 154 valence electrons. The Morgan fingerprint density at radius 2 is 1.71 bits per heavy atom. The van der Waals surface area contributed by atoms with E-state index in [4.69, 9.17) is 0 Å². The Kier molecular flexibility index (Phi) is 5.88. The monoisotopic (exact) mass is 495 g/mol. The van der Waals surface area contributed by atoms with E-state index >= 15 is 0 Å². The zero-order valence-electron chi connectivity index (χ0n) is 15.8. The van der Waals surface area contributed by atoms with Gasteiger partial charge >= 0.3 is 0 Å². The number of phenols is 1. The van der Waals surface area contributed by atoms with Crippen molar-refractivity contribution in [3.8, 4) is 5.75 Å². The van der Waals surface area contributed by atoms with Crippen molar-refractivity contribution in [1.29, 1.82) is 0 Å². The molecule has 7 nitrogen and oxygen atoms in total. The number of carbonyl (C=O) groups is 1. The minimum absolute atomic E-state index is 0.158. The molecule has 1 fully saturated rings. The molecule has 3 aromatic rings. The van der Waals surface area contributed by atoms with Crippen molar-refractivity contribution >= 4 is 61.9 Å². The molecule has 1 saturated heterocycles. The van der Waals surface area contributed by atoms with Gasteiger partial charge in [-0.25, -0.2) is 4.99 Å². The molecule has 31 heavy (non-hydrogen) atoms. The molecule has 0 aliphatic carbocycles. The summed E-state index contributed by atoms with van der Waals surface area (Å²) in [5, 5.41) is 22.0. The van der Waals surface area contributed by atoms with Gasteiger partial charge in [0.15, 0.2) is 5.17 Å². The first-order chi connectivity index (χ1) is 14.9. The van der Waals surface area contributed by atoms with Crippen LogP contribution in [0.3, 0.4) is 0 Å². The number of phenolic OH excluding ortho intramolecular Hbond substituents is 1. The molecule has 1 aliphatic rings. The molecule has 0 spiro atoms. The minimum Gasteiger partial charge on any atom is -0.506 e. The number of para-hydroxylation sites is 2. The molecule has 1 N–H and O–H groups in total. The van der Waals surface area contributed by atoms with Crippen LogP contribution in [-0.4, -0.2) is 21.1 Å². The first kappa shape index (κ1) is 20.8. The van der Waals surface area contributed by atoms with Crippen LogP contribution in [0.15, 0.2) is 87.2 Å². The summed E-state index contributed by atoms with van der Waals surface area (Å²) in [6, 6.07) is 20.7. The van der Waals surface area contributed by atoms with Crippen molar-refractivity contribution in [3.05, 3.63) is 97.9 Å². The predicted octanol–water partition coefficient (Wildman–Crippen LogP) is 5.87. The summed E-state index contributed by atoms with van der Waals surface area (Å²) < 4.78 is 0.169. The number of amides is 1. The number of aliphatic imine (C=N–C) groups is 1. The third-order valence-electron chi connectivity index (χ3n) is 4.38. The van der Waals surface area contributed by atoms with Crippen molar-refractivity contribution in [1.82, 2.24) is 0 Å². The van der Waals surface area contributed by atoms with Crippen LogP contribution >= 0.6 is 27.7 Å². The maximum absolute atomic E-state index is 13.3. The van der Waals surface area contributed by atoms with E-state index in [9.17, 15) is 20.0 Å². The van der Waals surface area contributed by atoms with Gasteiger partial charge in [0.25, 0.3) is 11.6 Å². The summed E-state index contributed by atoms with van der Waals surface area (Å²) in [6.07, 6.45) is 1.43. The highest BCUT2D eigenvalue weighted by Gasteiger charge is 2.35. The highest BCUT2D eigenvalue weighted by atomic mass is 79.9. The fourth-order valence-electron chi connectivity index (χ4n) is 2.93. The lowest BCUT2D eigenvalue weighted by atomic mass is 10.1. The molecule has 1 aliphatic heterocycles. The third kappa shape index (κ3) is 4.37. The number of hydrogen-bond donors (Lipinski definition) is 1. The number of aromatic hydroxyl groups is 1. The highest BCUT2D eigenvalue weighted by molar-refractivity contribution is 9.10. The summed E-state index contributed by atoms with van der Waals surface area (Å²) in [5.74, 6) is -0.529. The second kappa shape index (κ2) is 8.75. The van der Waals surface area contributed by atoms with E-state index < -0.39 is 4.92 Å². The Morgan fingerprint density at radius 3 is 2.35 bits per heavy atom. The maximum atomic E-state index is 13.3. The number of hydrogen-bond acceptors (Lipinski definition) is 6. The average molecular weight is 496 g/mol. The largest absolute Gasteiger partial charge is 0.506 e. The molecular weight excluding hydrogens is 482 g/mol. The number of nitrogens with zero attached hydrogens (tertiary/aromatic N) is 3. The number of nitro groups is 1. The fourth-order valence-corrected chi connectivity index (χ4v) is 4.38. The normalized spacial score (nSPS) is 16.3. The van der Waals surface area contributed by atoms with Gasteiger partial charge in [-0.05, 0) is 58.0 Å². The summed E-state index contributed by atoms with van der Waals surface area (Å²) in [5.41, 5.74) is 1.28. The Balaban J connectivity index is 1.81. The third-order valence-corrected chi connectivity index (χ3v) is 5.95. The molecule has 1 amide bonds. The molecule has 0 unspecified atom stereocenters. The molecule has 0 bridgehead atoms. The highest BCUT2D eigenvalue weighted by Crippen LogP contribution is 2.40. The molecule has 0 aromatic heterocycles. The quantitative estimate of drug-likeness (QED) is 0.277. The van der Waals surface area contributed by atoms with Crippen molar-refractivity contribution in [2.24, 2.45) is 4.99 Å². The molecule has 1 heterocycles. The van der Waals surface area contributed by atoms with E-state index in [2.05, 4.69) is 20.9 Å². The van der Waals surface area contributed by atoms with Gasteiger partial charge in [0.2, 0.25) is 0 Å². The van der Waals surface area contributed by atoms with Crippen molar-refractivity contribution in [3.63, 3.8) is 0 Å². The first-order valence-electron chi connectivity index (χ1n) is 9.04. The van der Waals surface area contributed by atoms with Gasteiger partial charge in [0, 0.05) is 17.7 Å². The van der Waals surface area contributed by atoms with Crippen molar-refractivity contribution in [2.45, 2.75) is 0 Å². The molecule has 0 atom stereocenters. The zero-order chi connectivity index (χ0) is 22.0. The van der Waals surface area contributed by atoms with Gasteiger partial charge in [0.05, 0.1) is 25.7 Å². The number of carbonyl (C=O) groups excluding carboxylic acids is 1. The number of nitro benzene ring substituents is 1. The summed E-state index contributed by atoms with van der Waals surface area (Å²) in [6.45, 7) is 0. The van der Waals surface area contributed by atoms with Gasteiger partial charge in [-0.15, -0.1) is 0 Å². The van der Waals surface area contributed by atoms with Crippen LogP contribution in [0.25, 0.3) is 6.08 Å². The Hall–Kier alpha value is -3.43. The summed E-state index contributed by atoms with van der Waals surface area (Å²) in [7, 11) is 0. The van der Waals surface area contributed by atoms with Crippen LogP contribution in [0.5, 0.6) is 5.75 Å². The second-order valence-electron chi connectivity index (χ2n) is 6.44. The van der Waals surface area contributed by atoms with Gasteiger partial charge in [-0.3, -0.25) is 19.8 Å². The lowest BCUT2D eigenvalue weighted by Gasteiger charge is -2.15. The smallest absolute Gasteiger partial charge is 0.271 e. The summed E-state index contributed by atoms with van der Waals surface area (Å²) >= 11 is 4.26. The Labute approximate surface area is 190 Å². The fraction of sp³-hybridized carbons (Fsp3) is 0. The van der Waals surface area contributed by atoms with E-state index in [1.807, 2.05) is 48.5 Å². The van der Waals surface area contributed by atoms with E-state index in [1.54, 1.807) is 12.1 Å². The van der Waals surface area contributed by atoms with Gasteiger partial charge in [-0.1, -0.05) is 36.4 Å². The molecule has 9 heteroatoms. The van der Waals surface area contributed by atoms with Crippen molar-refractivity contribution < 1.29 is 14.8 Å². The average Bonchev–Trinajstić information content (AvgIpc) is 3.07. The second-order valence-corrected chi connectivity index (χ2v) is 8.30. The molecule has 0 saturated carbocycles. The van der Waals surface area contributed by atoms with Crippen LogP contribution in [-0.2, 0) is 4.79 Å². The Morgan fingerprint density at radius 1 is 1.06 bits per heavy atom. The topological polar surface area (TPSA) is 96.0 Å². The number of non-ortho nitro benzene ring substituents is 1. The van der Waals surface area contributed by atoms with E-state index in [0.29, 0.717) is 16.5 Å². The number of thioether (sulfide) groups is 1. The maximum Gasteiger partial charge on any atom is 0.271 e. The van der Waals surface area contributed by atoms with E-state index in [-0.39, 0.29) is 32.3 Å². The predicted molar refractivity (Wildman–Crippen MR) is 125 cm³/mol. The Bertz CT molecular complexity index is 1230. The number of benzene rings is 3. The first-order valence-corrected chi connectivity index (χ1v) is 10.6. The lowest BCUT2D eigenvalue weighted by Crippen LogP contribution is -2.28. The van der Waals surface area contributed by atoms with Gasteiger partial charge < -0.3 is 5.11 Å². The van der Waals surface area contributed by atoms with Crippen molar-refractivity contribution in [2.75, 3.05) is 4.90 Å². The van der Waals surface area contributed by atoms with E-state index in [0.717, 1.165) is 11.8 Å². The van der Waals surface area contributed by atoms with Crippen LogP contribution in [0.4, 0.5) is 17.1 Å². The zero-order valence-corrected chi connectivity index (χ0v) is 18.2. The summed E-state index contributed by atoms with van der Waals surface area (Å²) in [4.78, 5) is 30.3.